The van der Waals surface area contributed by atoms with Crippen LogP contribution in [0.25, 0.3) is 0 Å². The largest absolute Gasteiger partial charge is 0.443 e. The maximum atomic E-state index is 11.5. The molecule has 0 aromatic carbocycles. The van der Waals surface area contributed by atoms with Crippen molar-refractivity contribution in [3.8, 4) is 0 Å². The van der Waals surface area contributed by atoms with Gasteiger partial charge in [0.1, 0.15) is 0 Å². The molecule has 1 amide bonds. The Morgan fingerprint density at radius 3 is 2.42 bits per heavy atom. The molecule has 8 nitrogen and oxygen atoms in total. The van der Waals surface area contributed by atoms with Crippen LogP contribution >= 0.6 is 0 Å². The summed E-state index contributed by atoms with van der Waals surface area (Å²) in [5.74, 6) is -2.09. The van der Waals surface area contributed by atoms with Crippen molar-refractivity contribution in [2.45, 2.75) is 17.9 Å². The molecule has 0 rings (SSSR count). The predicted octanol–water partition coefficient (Wildman–Crippen LogP) is -1.05. The van der Waals surface area contributed by atoms with E-state index >= 15 is 0 Å². The lowest BCUT2D eigenvalue weighted by Crippen LogP contribution is -2.42. The van der Waals surface area contributed by atoms with Crippen LogP contribution in [0.3, 0.4) is 0 Å². The summed E-state index contributed by atoms with van der Waals surface area (Å²) in [5.41, 5.74) is 5.23. The quantitative estimate of drug-likeness (QED) is 0.225. The third kappa shape index (κ3) is 6.70. The van der Waals surface area contributed by atoms with Crippen molar-refractivity contribution in [1.82, 2.24) is 5.32 Å². The van der Waals surface area contributed by atoms with Crippen molar-refractivity contribution >= 4 is 22.0 Å². The average molecular weight is 292 g/mol. The molecule has 0 fully saturated rings. The lowest BCUT2D eigenvalue weighted by Gasteiger charge is -2.14. The monoisotopic (exact) mass is 292 g/mol. The van der Waals surface area contributed by atoms with Crippen molar-refractivity contribution in [2.75, 3.05) is 6.54 Å². The minimum atomic E-state index is -4.75. The molecule has 108 valence electrons. The molecule has 0 aliphatic carbocycles. The van der Waals surface area contributed by atoms with E-state index in [1.807, 2.05) is 0 Å². The predicted molar refractivity (Wildman–Crippen MR) is 67.4 cm³/mol. The van der Waals surface area contributed by atoms with Gasteiger partial charge in [0.2, 0.25) is 5.91 Å². The van der Waals surface area contributed by atoms with Crippen LogP contribution in [0, 0.1) is 0 Å². The molecule has 0 aromatic heterocycles. The Morgan fingerprint density at radius 2 is 2.00 bits per heavy atom. The first-order valence-electron chi connectivity index (χ1n) is 5.15. The first-order chi connectivity index (χ1) is 8.72. The fourth-order valence-corrected chi connectivity index (χ4v) is 1.72. The Morgan fingerprint density at radius 1 is 1.42 bits per heavy atom. The van der Waals surface area contributed by atoms with Gasteiger partial charge in [-0.15, -0.1) is 6.58 Å². The van der Waals surface area contributed by atoms with E-state index in [4.69, 9.17) is 10.3 Å². The first kappa shape index (κ1) is 17.3. The Labute approximate surface area is 111 Å². The number of rotatable bonds is 8. The van der Waals surface area contributed by atoms with Crippen LogP contribution in [0.5, 0.6) is 0 Å². The maximum Gasteiger partial charge on any atom is 0.309 e. The number of carbonyl (C=O) groups excluding carboxylic acids is 2. The van der Waals surface area contributed by atoms with Gasteiger partial charge in [-0.05, 0) is 6.08 Å². The molecule has 19 heavy (non-hydrogen) atoms. The minimum absolute atomic E-state index is 0.00786. The van der Waals surface area contributed by atoms with Gasteiger partial charge in [0.05, 0.1) is 6.42 Å². The van der Waals surface area contributed by atoms with E-state index in [1.165, 1.54) is 6.08 Å². The van der Waals surface area contributed by atoms with Crippen LogP contribution in [0.4, 0.5) is 0 Å². The SMILES string of the molecule is C=CCNC(=O)C(CC(=O)OC(N)C=C)S(=O)(=O)O. The fraction of sp³-hybridized carbons (Fsp3) is 0.400. The Hall–Kier alpha value is -1.71. The summed E-state index contributed by atoms with van der Waals surface area (Å²) in [7, 11) is -4.75. The van der Waals surface area contributed by atoms with E-state index in [9.17, 15) is 18.0 Å². The van der Waals surface area contributed by atoms with Crippen LogP contribution in [-0.2, 0) is 24.4 Å². The minimum Gasteiger partial charge on any atom is -0.443 e. The van der Waals surface area contributed by atoms with Crippen molar-refractivity contribution in [1.29, 1.82) is 0 Å². The average Bonchev–Trinajstić information content (AvgIpc) is 2.31. The first-order valence-corrected chi connectivity index (χ1v) is 6.65. The molecule has 0 saturated carbocycles. The molecule has 0 radical (unpaired) electrons. The zero-order valence-electron chi connectivity index (χ0n) is 10.1. The van der Waals surface area contributed by atoms with Gasteiger partial charge in [0.25, 0.3) is 10.1 Å². The van der Waals surface area contributed by atoms with E-state index < -0.39 is 39.9 Å². The van der Waals surface area contributed by atoms with Gasteiger partial charge in [-0.3, -0.25) is 19.9 Å². The molecule has 2 atom stereocenters. The number of hydrogen-bond donors (Lipinski definition) is 3. The van der Waals surface area contributed by atoms with E-state index in [-0.39, 0.29) is 6.54 Å². The normalized spacial score (nSPS) is 14.0. The van der Waals surface area contributed by atoms with E-state index in [0.717, 1.165) is 6.08 Å². The summed E-state index contributed by atoms with van der Waals surface area (Å²) in [6.45, 7) is 6.57. The molecule has 0 saturated heterocycles. The third-order valence-electron chi connectivity index (χ3n) is 1.92. The summed E-state index contributed by atoms with van der Waals surface area (Å²) < 4.78 is 35.5. The molecule has 0 bridgehead atoms. The smallest absolute Gasteiger partial charge is 0.309 e. The number of hydrogen-bond acceptors (Lipinski definition) is 6. The lowest BCUT2D eigenvalue weighted by atomic mass is 10.3. The van der Waals surface area contributed by atoms with Crippen molar-refractivity contribution < 1.29 is 27.3 Å². The second-order valence-electron chi connectivity index (χ2n) is 3.43. The number of ether oxygens (including phenoxy) is 1. The second kappa shape index (κ2) is 7.67. The summed E-state index contributed by atoms with van der Waals surface area (Å²) in [6, 6.07) is 0. The van der Waals surface area contributed by atoms with Gasteiger partial charge in [-0.25, -0.2) is 0 Å². The number of nitrogens with one attached hydrogen (secondary N) is 1. The van der Waals surface area contributed by atoms with E-state index in [1.54, 1.807) is 0 Å². The van der Waals surface area contributed by atoms with Crippen LogP contribution in [-0.4, -0.2) is 42.9 Å². The lowest BCUT2D eigenvalue weighted by molar-refractivity contribution is -0.147. The molecule has 9 heteroatoms. The van der Waals surface area contributed by atoms with Gasteiger partial charge >= 0.3 is 5.97 Å². The number of esters is 1. The highest BCUT2D eigenvalue weighted by molar-refractivity contribution is 7.87. The Bertz CT molecular complexity index is 459. The fourth-order valence-electron chi connectivity index (χ4n) is 1.02. The number of nitrogens with two attached hydrogens (primary N) is 1. The molecule has 0 aliphatic rings. The molecule has 0 aliphatic heterocycles. The number of carbonyl (C=O) groups is 2. The maximum absolute atomic E-state index is 11.5. The summed E-state index contributed by atoms with van der Waals surface area (Å²) >= 11 is 0. The van der Waals surface area contributed by atoms with Crippen LogP contribution < -0.4 is 11.1 Å². The third-order valence-corrected chi connectivity index (χ3v) is 3.02. The molecule has 0 spiro atoms. The van der Waals surface area contributed by atoms with Gasteiger partial charge < -0.3 is 10.1 Å². The molecule has 4 N–H and O–H groups in total. The van der Waals surface area contributed by atoms with Gasteiger partial charge in [0.15, 0.2) is 11.5 Å². The number of amides is 1. The van der Waals surface area contributed by atoms with E-state index in [2.05, 4.69) is 23.2 Å². The Balaban J connectivity index is 4.79. The highest BCUT2D eigenvalue weighted by Gasteiger charge is 2.34. The highest BCUT2D eigenvalue weighted by atomic mass is 32.2. The van der Waals surface area contributed by atoms with Crippen molar-refractivity contribution in [3.05, 3.63) is 25.3 Å². The zero-order chi connectivity index (χ0) is 15.1. The zero-order valence-corrected chi connectivity index (χ0v) is 10.9. The standard InChI is InChI=1S/C10H16N2O6S/c1-3-5-12-10(14)7(19(15,16)17)6-9(13)18-8(11)4-2/h3-4,7-8H,1-2,5-6,11H2,(H,12,14)(H,15,16,17). The van der Waals surface area contributed by atoms with E-state index in [0.29, 0.717) is 0 Å². The molecular weight excluding hydrogens is 276 g/mol. The van der Waals surface area contributed by atoms with Crippen LogP contribution in [0.15, 0.2) is 25.3 Å². The van der Waals surface area contributed by atoms with Crippen molar-refractivity contribution in [2.24, 2.45) is 5.73 Å². The van der Waals surface area contributed by atoms with Gasteiger partial charge in [0, 0.05) is 6.54 Å². The summed E-state index contributed by atoms with van der Waals surface area (Å²) in [6.07, 6.45) is 0.442. The van der Waals surface area contributed by atoms with Gasteiger partial charge in [-0.1, -0.05) is 12.7 Å². The summed E-state index contributed by atoms with van der Waals surface area (Å²) in [4.78, 5) is 22.8. The molecular formula is C10H16N2O6S. The Kier molecular flexibility index (Phi) is 6.98. The summed E-state index contributed by atoms with van der Waals surface area (Å²) in [5, 5.41) is 0.195. The highest BCUT2D eigenvalue weighted by Crippen LogP contribution is 2.07. The molecule has 0 aromatic rings. The molecule has 2 unspecified atom stereocenters. The van der Waals surface area contributed by atoms with Crippen LogP contribution in [0.1, 0.15) is 6.42 Å². The van der Waals surface area contributed by atoms with Gasteiger partial charge in [-0.2, -0.15) is 8.42 Å². The second-order valence-corrected chi connectivity index (χ2v) is 5.03. The van der Waals surface area contributed by atoms with Crippen molar-refractivity contribution in [3.63, 3.8) is 0 Å². The van der Waals surface area contributed by atoms with Crippen LogP contribution in [0.2, 0.25) is 0 Å². The molecule has 0 heterocycles. The topological polar surface area (TPSA) is 136 Å².